The molecule has 0 bridgehead atoms. The molecule has 0 aliphatic heterocycles. The molecule has 0 atom stereocenters. The maximum absolute atomic E-state index is 11.8. The molecule has 0 unspecified atom stereocenters. The van der Waals surface area contributed by atoms with Gasteiger partial charge in [-0.1, -0.05) is 23.7 Å². The number of hydrogen-bond donors (Lipinski definition) is 1. The molecule has 8 heteroatoms. The first kappa shape index (κ1) is 15.8. The average molecular weight is 397 g/mol. The summed E-state index contributed by atoms with van der Waals surface area (Å²) in [5.41, 5.74) is 1.35. The van der Waals surface area contributed by atoms with Gasteiger partial charge in [-0.05, 0) is 35.0 Å². The fourth-order valence-corrected chi connectivity index (χ4v) is 2.73. The molecule has 118 valence electrons. The number of carboxylic acid groups (broad SMARTS) is 1. The summed E-state index contributed by atoms with van der Waals surface area (Å²) in [5.74, 6) is -0.826. The predicted octanol–water partition coefficient (Wildman–Crippen LogP) is 3.91. The van der Waals surface area contributed by atoms with Gasteiger partial charge < -0.3 is 9.84 Å². The molecule has 3 aromatic rings. The minimum atomic E-state index is -1.09. The second kappa shape index (κ2) is 6.17. The maximum atomic E-state index is 11.8. The van der Waals surface area contributed by atoms with Gasteiger partial charge in [0.1, 0.15) is 10.3 Å². The van der Waals surface area contributed by atoms with Gasteiger partial charge in [-0.2, -0.15) is 0 Å². The van der Waals surface area contributed by atoms with Crippen LogP contribution in [0.5, 0.6) is 5.88 Å². The summed E-state index contributed by atoms with van der Waals surface area (Å²) in [6, 6.07) is 6.81. The lowest BCUT2D eigenvalue weighted by atomic mass is 10.1. The van der Waals surface area contributed by atoms with Crippen LogP contribution in [0.3, 0.4) is 0 Å². The minimum Gasteiger partial charge on any atom is -0.476 e. The number of aromatic nitrogens is 3. The van der Waals surface area contributed by atoms with E-state index in [4.69, 9.17) is 16.3 Å². The quantitative estimate of drug-likeness (QED) is 0.723. The van der Waals surface area contributed by atoms with Crippen LogP contribution in [0.25, 0.3) is 16.9 Å². The van der Waals surface area contributed by atoms with Crippen LogP contribution in [0.1, 0.15) is 17.4 Å². The SMILES string of the molecule is CCOc1nc(Br)cn2c(C(=O)O)c(-c3ccc(Cl)cc3)nc12. The Bertz CT molecular complexity index is 893. The van der Waals surface area contributed by atoms with Crippen molar-refractivity contribution in [2.24, 2.45) is 0 Å². The summed E-state index contributed by atoms with van der Waals surface area (Å²) < 4.78 is 7.37. The van der Waals surface area contributed by atoms with Crippen molar-refractivity contribution in [2.45, 2.75) is 6.92 Å². The zero-order valence-electron chi connectivity index (χ0n) is 12.0. The van der Waals surface area contributed by atoms with Crippen molar-refractivity contribution >= 4 is 39.1 Å². The Balaban J connectivity index is 2.33. The van der Waals surface area contributed by atoms with E-state index in [0.717, 1.165) is 0 Å². The summed E-state index contributed by atoms with van der Waals surface area (Å²) in [6.45, 7) is 2.21. The van der Waals surface area contributed by atoms with E-state index < -0.39 is 5.97 Å². The highest BCUT2D eigenvalue weighted by atomic mass is 79.9. The van der Waals surface area contributed by atoms with Crippen molar-refractivity contribution in [3.8, 4) is 17.1 Å². The van der Waals surface area contributed by atoms with Crippen LogP contribution in [0.15, 0.2) is 35.1 Å². The molecule has 3 rings (SSSR count). The Morgan fingerprint density at radius 1 is 1.35 bits per heavy atom. The van der Waals surface area contributed by atoms with Crippen LogP contribution in [0.2, 0.25) is 5.02 Å². The number of benzene rings is 1. The topological polar surface area (TPSA) is 76.7 Å². The number of ether oxygens (including phenoxy) is 1. The molecule has 0 radical (unpaired) electrons. The van der Waals surface area contributed by atoms with Gasteiger partial charge in [-0.25, -0.2) is 14.8 Å². The Morgan fingerprint density at radius 3 is 2.65 bits per heavy atom. The molecule has 0 spiro atoms. The molecule has 0 aliphatic rings. The summed E-state index contributed by atoms with van der Waals surface area (Å²) in [4.78, 5) is 20.4. The number of imidazole rings is 1. The van der Waals surface area contributed by atoms with Gasteiger partial charge in [-0.3, -0.25) is 4.40 Å². The lowest BCUT2D eigenvalue weighted by Gasteiger charge is -2.05. The highest BCUT2D eigenvalue weighted by Crippen LogP contribution is 2.30. The van der Waals surface area contributed by atoms with Crippen molar-refractivity contribution in [3.63, 3.8) is 0 Å². The number of halogens is 2. The first-order valence-corrected chi connectivity index (χ1v) is 7.89. The van der Waals surface area contributed by atoms with Gasteiger partial charge in [0.05, 0.1) is 6.61 Å². The number of carbonyl (C=O) groups is 1. The van der Waals surface area contributed by atoms with Crippen LogP contribution >= 0.6 is 27.5 Å². The zero-order chi connectivity index (χ0) is 16.6. The van der Waals surface area contributed by atoms with Gasteiger partial charge in [0, 0.05) is 16.8 Å². The first-order chi connectivity index (χ1) is 11.0. The molecule has 2 aromatic heterocycles. The second-order valence-corrected chi connectivity index (χ2v) is 5.87. The van der Waals surface area contributed by atoms with E-state index in [1.165, 1.54) is 4.40 Å². The molecule has 6 nitrogen and oxygen atoms in total. The Morgan fingerprint density at radius 2 is 2.04 bits per heavy atom. The summed E-state index contributed by atoms with van der Waals surface area (Å²) in [6.07, 6.45) is 1.55. The van der Waals surface area contributed by atoms with Gasteiger partial charge >= 0.3 is 5.97 Å². The van der Waals surface area contributed by atoms with Gasteiger partial charge in [0.15, 0.2) is 5.69 Å². The molecule has 0 saturated heterocycles. The van der Waals surface area contributed by atoms with E-state index in [-0.39, 0.29) is 11.6 Å². The zero-order valence-corrected chi connectivity index (χ0v) is 14.3. The molecule has 1 aromatic carbocycles. The number of hydrogen-bond acceptors (Lipinski definition) is 4. The molecule has 23 heavy (non-hydrogen) atoms. The van der Waals surface area contributed by atoms with E-state index in [0.29, 0.717) is 33.1 Å². The van der Waals surface area contributed by atoms with Gasteiger partial charge in [-0.15, -0.1) is 0 Å². The van der Waals surface area contributed by atoms with E-state index >= 15 is 0 Å². The highest BCUT2D eigenvalue weighted by molar-refractivity contribution is 9.10. The average Bonchev–Trinajstić information content (AvgIpc) is 2.87. The van der Waals surface area contributed by atoms with Crippen molar-refractivity contribution < 1.29 is 14.6 Å². The molecule has 0 aliphatic carbocycles. The Kier molecular flexibility index (Phi) is 4.23. The molecular weight excluding hydrogens is 386 g/mol. The molecule has 1 N–H and O–H groups in total. The third-order valence-electron chi connectivity index (χ3n) is 3.15. The van der Waals surface area contributed by atoms with Crippen LogP contribution in [-0.2, 0) is 0 Å². The molecule has 0 saturated carbocycles. The summed E-state index contributed by atoms with van der Waals surface area (Å²) >= 11 is 9.15. The van der Waals surface area contributed by atoms with Crippen LogP contribution in [0, 0.1) is 0 Å². The van der Waals surface area contributed by atoms with Crippen molar-refractivity contribution in [2.75, 3.05) is 6.61 Å². The lowest BCUT2D eigenvalue weighted by Crippen LogP contribution is -2.05. The molecular formula is C15H11BrClN3O3. The first-order valence-electron chi connectivity index (χ1n) is 6.72. The van der Waals surface area contributed by atoms with E-state index in [1.54, 1.807) is 30.5 Å². The standard InChI is InChI=1S/C15H11BrClN3O3/c1-2-23-14-13-19-11(8-3-5-9(17)6-4-8)12(15(21)22)20(13)7-10(16)18-14/h3-7H,2H2,1H3,(H,21,22). The minimum absolute atomic E-state index is 0.0337. The van der Waals surface area contributed by atoms with Gasteiger partial charge in [0.25, 0.3) is 5.88 Å². The molecule has 0 fully saturated rings. The summed E-state index contributed by atoms with van der Waals surface area (Å²) in [7, 11) is 0. The van der Waals surface area contributed by atoms with E-state index in [2.05, 4.69) is 25.9 Å². The molecule has 2 heterocycles. The summed E-state index contributed by atoms with van der Waals surface area (Å²) in [5, 5.41) is 10.2. The predicted molar refractivity (Wildman–Crippen MR) is 89.3 cm³/mol. The van der Waals surface area contributed by atoms with Crippen LogP contribution < -0.4 is 4.74 Å². The van der Waals surface area contributed by atoms with Crippen LogP contribution in [-0.4, -0.2) is 32.1 Å². The smallest absolute Gasteiger partial charge is 0.355 e. The largest absolute Gasteiger partial charge is 0.476 e. The third-order valence-corrected chi connectivity index (χ3v) is 3.78. The van der Waals surface area contributed by atoms with Crippen molar-refractivity contribution in [3.05, 3.63) is 45.8 Å². The van der Waals surface area contributed by atoms with Crippen LogP contribution in [0.4, 0.5) is 0 Å². The third kappa shape index (κ3) is 2.89. The van der Waals surface area contributed by atoms with E-state index in [9.17, 15) is 9.90 Å². The van der Waals surface area contributed by atoms with Crippen molar-refractivity contribution in [1.82, 2.24) is 14.4 Å². The molecule has 0 amide bonds. The lowest BCUT2D eigenvalue weighted by molar-refractivity contribution is 0.0690. The normalized spacial score (nSPS) is 10.9. The number of nitrogens with zero attached hydrogens (tertiary/aromatic N) is 3. The van der Waals surface area contributed by atoms with Gasteiger partial charge in [0.2, 0.25) is 5.65 Å². The van der Waals surface area contributed by atoms with Crippen molar-refractivity contribution in [1.29, 1.82) is 0 Å². The maximum Gasteiger partial charge on any atom is 0.355 e. The fourth-order valence-electron chi connectivity index (χ4n) is 2.24. The number of aromatic carboxylic acids is 1. The fraction of sp³-hybridized carbons (Fsp3) is 0.133. The number of fused-ring (bicyclic) bond motifs is 1. The monoisotopic (exact) mass is 395 g/mol. The highest BCUT2D eigenvalue weighted by Gasteiger charge is 2.23. The Labute approximate surface area is 144 Å². The Hall–Kier alpha value is -2.12. The number of rotatable bonds is 4. The number of carboxylic acids is 1. The second-order valence-electron chi connectivity index (χ2n) is 4.62. The van der Waals surface area contributed by atoms with E-state index in [1.807, 2.05) is 6.92 Å².